The van der Waals surface area contributed by atoms with Crippen LogP contribution in [0, 0.1) is 0 Å². The lowest BCUT2D eigenvalue weighted by Crippen LogP contribution is -2.11. The summed E-state index contributed by atoms with van der Waals surface area (Å²) in [5.41, 5.74) is 7.55. The maximum Gasteiger partial charge on any atom is 0.228 e. The summed E-state index contributed by atoms with van der Waals surface area (Å²) in [6, 6.07) is 44.9. The van der Waals surface area contributed by atoms with Crippen molar-refractivity contribution in [1.29, 1.82) is 0 Å². The van der Waals surface area contributed by atoms with Gasteiger partial charge in [0.05, 0.1) is 11.4 Å². The number of oxazole rings is 1. The van der Waals surface area contributed by atoms with E-state index in [2.05, 4.69) is 71.6 Å². The van der Waals surface area contributed by atoms with E-state index in [0.717, 1.165) is 88.5 Å². The first kappa shape index (κ1) is 25.0. The van der Waals surface area contributed by atoms with Crippen molar-refractivity contribution in [3.8, 4) is 11.5 Å². The Hall–Kier alpha value is -6.40. The average Bonchev–Trinajstić information content (AvgIpc) is 3.81. The monoisotopic (exact) mass is 593 g/mol. The standard InChI is InChI=1S/C40H23N3O3/c1-2-9-27-24(8-1)15-18-29-28-19-16-25(22-35(28)45-39(27)29)43(37-14-5-6-21-41-37)26-17-20-30-36(23-26)44-34-13-7-10-31(38(30)34)40-42-32-11-3-4-12-33(32)46-40/h1-23H. The van der Waals surface area contributed by atoms with Gasteiger partial charge in [0.1, 0.15) is 33.7 Å². The Morgan fingerprint density at radius 1 is 0.500 bits per heavy atom. The molecule has 6 heteroatoms. The topological polar surface area (TPSA) is 68.4 Å². The lowest BCUT2D eigenvalue weighted by Gasteiger charge is -2.24. The first-order valence-electron chi connectivity index (χ1n) is 15.1. The van der Waals surface area contributed by atoms with Crippen molar-refractivity contribution in [3.63, 3.8) is 0 Å². The van der Waals surface area contributed by atoms with Crippen LogP contribution in [0.3, 0.4) is 0 Å². The van der Waals surface area contributed by atoms with Gasteiger partial charge >= 0.3 is 0 Å². The molecule has 0 saturated carbocycles. The van der Waals surface area contributed by atoms with E-state index < -0.39 is 0 Å². The molecule has 0 spiro atoms. The summed E-state index contributed by atoms with van der Waals surface area (Å²) < 4.78 is 19.2. The minimum absolute atomic E-state index is 0.570. The molecule has 6 aromatic carbocycles. The molecule has 0 fully saturated rings. The second-order valence-corrected chi connectivity index (χ2v) is 11.4. The van der Waals surface area contributed by atoms with Gasteiger partial charge in [-0.2, -0.15) is 0 Å². The molecule has 0 atom stereocenters. The Morgan fingerprint density at radius 2 is 1.26 bits per heavy atom. The molecule has 0 N–H and O–H groups in total. The molecule has 4 aromatic heterocycles. The number of pyridine rings is 1. The highest BCUT2D eigenvalue weighted by molar-refractivity contribution is 6.16. The van der Waals surface area contributed by atoms with Gasteiger partial charge in [0, 0.05) is 50.8 Å². The number of nitrogens with zero attached hydrogens (tertiary/aromatic N) is 3. The third-order valence-electron chi connectivity index (χ3n) is 8.75. The van der Waals surface area contributed by atoms with Crippen LogP contribution in [0.15, 0.2) is 153 Å². The van der Waals surface area contributed by atoms with Crippen LogP contribution in [0.25, 0.3) is 77.2 Å². The quantitative estimate of drug-likeness (QED) is 0.202. The highest BCUT2D eigenvalue weighted by Gasteiger charge is 2.21. The Kier molecular flexibility index (Phi) is 5.19. The zero-order chi connectivity index (χ0) is 30.2. The second-order valence-electron chi connectivity index (χ2n) is 11.4. The molecule has 0 bridgehead atoms. The number of furan rings is 2. The molecular weight excluding hydrogens is 570 g/mol. The van der Waals surface area contributed by atoms with E-state index >= 15 is 0 Å². The van der Waals surface area contributed by atoms with Crippen LogP contribution in [-0.2, 0) is 0 Å². The number of rotatable bonds is 4. The number of fused-ring (bicyclic) bond motifs is 9. The van der Waals surface area contributed by atoms with Crippen molar-refractivity contribution >= 4 is 82.9 Å². The van der Waals surface area contributed by atoms with Crippen molar-refractivity contribution < 1.29 is 13.3 Å². The Bertz CT molecular complexity index is 2740. The van der Waals surface area contributed by atoms with Crippen molar-refractivity contribution in [3.05, 3.63) is 140 Å². The Balaban J connectivity index is 1.15. The first-order valence-corrected chi connectivity index (χ1v) is 15.1. The zero-order valence-corrected chi connectivity index (χ0v) is 24.3. The van der Waals surface area contributed by atoms with E-state index in [1.807, 2.05) is 66.7 Å². The molecule has 0 unspecified atom stereocenters. The Labute approximate surface area is 261 Å². The van der Waals surface area contributed by atoms with Gasteiger partial charge in [-0.15, -0.1) is 0 Å². The minimum atomic E-state index is 0.570. The lowest BCUT2D eigenvalue weighted by molar-refractivity contribution is 0.620. The molecule has 4 heterocycles. The largest absolute Gasteiger partial charge is 0.456 e. The van der Waals surface area contributed by atoms with Gasteiger partial charge in [-0.3, -0.25) is 4.90 Å². The fourth-order valence-corrected chi connectivity index (χ4v) is 6.65. The third kappa shape index (κ3) is 3.70. The van der Waals surface area contributed by atoms with Gasteiger partial charge in [-0.05, 0) is 72.1 Å². The van der Waals surface area contributed by atoms with Crippen molar-refractivity contribution in [1.82, 2.24) is 9.97 Å². The van der Waals surface area contributed by atoms with Gasteiger partial charge in [0.15, 0.2) is 5.58 Å². The number of aromatic nitrogens is 2. The zero-order valence-electron chi connectivity index (χ0n) is 24.3. The van der Waals surface area contributed by atoms with Crippen LogP contribution < -0.4 is 4.90 Å². The van der Waals surface area contributed by atoms with E-state index in [1.165, 1.54) is 0 Å². The molecule has 6 nitrogen and oxygen atoms in total. The summed E-state index contributed by atoms with van der Waals surface area (Å²) >= 11 is 0. The van der Waals surface area contributed by atoms with Crippen LogP contribution in [0.4, 0.5) is 17.2 Å². The molecule has 0 aliphatic carbocycles. The van der Waals surface area contributed by atoms with Crippen LogP contribution >= 0.6 is 0 Å². The van der Waals surface area contributed by atoms with Gasteiger partial charge < -0.3 is 13.3 Å². The summed E-state index contributed by atoms with van der Waals surface area (Å²) in [5, 5.41) is 6.38. The summed E-state index contributed by atoms with van der Waals surface area (Å²) in [7, 11) is 0. The summed E-state index contributed by atoms with van der Waals surface area (Å²) in [4.78, 5) is 11.6. The van der Waals surface area contributed by atoms with Crippen molar-refractivity contribution in [2.24, 2.45) is 0 Å². The molecule has 10 aromatic rings. The van der Waals surface area contributed by atoms with Gasteiger partial charge in [0.25, 0.3) is 0 Å². The SMILES string of the molecule is c1ccc(N(c2ccc3c(c2)oc2c4ccccc4ccc32)c2ccc3c(c2)oc2cccc(-c4nc5ccccc5o4)c23)nc1. The lowest BCUT2D eigenvalue weighted by atomic mass is 10.1. The number of benzene rings is 6. The van der Waals surface area contributed by atoms with Gasteiger partial charge in [-0.25, -0.2) is 9.97 Å². The molecule has 216 valence electrons. The van der Waals surface area contributed by atoms with E-state index in [-0.39, 0.29) is 0 Å². The highest BCUT2D eigenvalue weighted by Crippen LogP contribution is 2.42. The summed E-state index contributed by atoms with van der Waals surface area (Å²) in [5.74, 6) is 1.35. The fourth-order valence-electron chi connectivity index (χ4n) is 6.65. The molecule has 0 aliphatic heterocycles. The number of para-hydroxylation sites is 2. The van der Waals surface area contributed by atoms with Gasteiger partial charge in [0.2, 0.25) is 5.89 Å². The van der Waals surface area contributed by atoms with Crippen LogP contribution in [0.2, 0.25) is 0 Å². The van der Waals surface area contributed by atoms with Crippen molar-refractivity contribution in [2.75, 3.05) is 4.90 Å². The summed E-state index contributed by atoms with van der Waals surface area (Å²) in [6.45, 7) is 0. The molecule has 10 rings (SSSR count). The maximum absolute atomic E-state index is 6.54. The van der Waals surface area contributed by atoms with Gasteiger partial charge in [-0.1, -0.05) is 54.6 Å². The summed E-state index contributed by atoms with van der Waals surface area (Å²) in [6.07, 6.45) is 1.81. The van der Waals surface area contributed by atoms with Crippen molar-refractivity contribution in [2.45, 2.75) is 0 Å². The molecule has 0 amide bonds. The fraction of sp³-hybridized carbons (Fsp3) is 0. The average molecular weight is 594 g/mol. The van der Waals surface area contributed by atoms with E-state index in [4.69, 9.17) is 23.2 Å². The normalized spacial score (nSPS) is 11.9. The van der Waals surface area contributed by atoms with Crippen LogP contribution in [0.5, 0.6) is 0 Å². The third-order valence-corrected chi connectivity index (χ3v) is 8.75. The maximum atomic E-state index is 6.54. The van der Waals surface area contributed by atoms with E-state index in [0.29, 0.717) is 5.89 Å². The Morgan fingerprint density at radius 3 is 2.13 bits per heavy atom. The number of hydrogen-bond acceptors (Lipinski definition) is 6. The van der Waals surface area contributed by atoms with E-state index in [9.17, 15) is 0 Å². The number of anilines is 3. The molecule has 0 radical (unpaired) electrons. The second kappa shape index (κ2) is 9.55. The van der Waals surface area contributed by atoms with E-state index in [1.54, 1.807) is 6.20 Å². The van der Waals surface area contributed by atoms with Crippen LogP contribution in [0.1, 0.15) is 0 Å². The highest BCUT2D eigenvalue weighted by atomic mass is 16.4. The van der Waals surface area contributed by atoms with Crippen LogP contribution in [-0.4, -0.2) is 9.97 Å². The predicted octanol–water partition coefficient (Wildman–Crippen LogP) is 11.3. The number of hydrogen-bond donors (Lipinski definition) is 0. The predicted molar refractivity (Wildman–Crippen MR) is 184 cm³/mol. The first-order chi connectivity index (χ1) is 22.8. The molecule has 0 aliphatic rings. The molecule has 0 saturated heterocycles. The molecule has 46 heavy (non-hydrogen) atoms. The minimum Gasteiger partial charge on any atom is -0.456 e. The smallest absolute Gasteiger partial charge is 0.228 e. The molecular formula is C40H23N3O3.